The fourth-order valence-electron chi connectivity index (χ4n) is 5.72. The highest BCUT2D eigenvalue weighted by atomic mass is 16.5. The highest BCUT2D eigenvalue weighted by Crippen LogP contribution is 2.36. The summed E-state index contributed by atoms with van der Waals surface area (Å²) in [6, 6.07) is 12.8. The SMILES string of the molecule is CCN1CCC[C@H]1CNC(=O)c1cccc([C@H]2CC(O)CN2C(=O)c2ccc(-c3cn[nH]c3)c(OC)c2)c1. The summed E-state index contributed by atoms with van der Waals surface area (Å²) in [7, 11) is 1.57. The van der Waals surface area contributed by atoms with E-state index < -0.39 is 6.10 Å². The van der Waals surface area contributed by atoms with E-state index in [1.165, 1.54) is 0 Å². The van der Waals surface area contributed by atoms with Gasteiger partial charge in [0.25, 0.3) is 11.8 Å². The van der Waals surface area contributed by atoms with Crippen LogP contribution in [0.3, 0.4) is 0 Å². The Morgan fingerprint density at radius 1 is 1.21 bits per heavy atom. The smallest absolute Gasteiger partial charge is 0.254 e. The first-order valence-corrected chi connectivity index (χ1v) is 13.3. The molecule has 0 bridgehead atoms. The lowest BCUT2D eigenvalue weighted by Gasteiger charge is -2.26. The molecule has 1 aromatic heterocycles. The number of likely N-dealkylation sites (tertiary alicyclic amines) is 2. The molecule has 2 amide bonds. The number of hydrogen-bond donors (Lipinski definition) is 3. The molecule has 38 heavy (non-hydrogen) atoms. The van der Waals surface area contributed by atoms with E-state index in [1.54, 1.807) is 42.6 Å². The van der Waals surface area contributed by atoms with E-state index in [0.29, 0.717) is 35.9 Å². The van der Waals surface area contributed by atoms with Gasteiger partial charge in [-0.05, 0) is 68.2 Å². The minimum Gasteiger partial charge on any atom is -0.496 e. The topological polar surface area (TPSA) is 111 Å². The van der Waals surface area contributed by atoms with Crippen LogP contribution in [0.15, 0.2) is 54.9 Å². The monoisotopic (exact) mass is 517 g/mol. The van der Waals surface area contributed by atoms with Crippen molar-refractivity contribution < 1.29 is 19.4 Å². The summed E-state index contributed by atoms with van der Waals surface area (Å²) in [6.07, 6.45) is 5.49. The summed E-state index contributed by atoms with van der Waals surface area (Å²) in [5.74, 6) is 0.251. The second-order valence-corrected chi connectivity index (χ2v) is 10.0. The normalized spacial score (nSPS) is 21.6. The molecule has 9 nitrogen and oxygen atoms in total. The molecule has 9 heteroatoms. The van der Waals surface area contributed by atoms with Gasteiger partial charge in [-0.3, -0.25) is 19.6 Å². The molecule has 0 radical (unpaired) electrons. The second-order valence-electron chi connectivity index (χ2n) is 10.0. The first kappa shape index (κ1) is 25.9. The molecular formula is C29H35N5O4. The summed E-state index contributed by atoms with van der Waals surface area (Å²) in [5.41, 5.74) is 3.55. The number of nitrogens with zero attached hydrogens (tertiary/aromatic N) is 3. The molecule has 2 aromatic carbocycles. The molecule has 3 N–H and O–H groups in total. The Kier molecular flexibility index (Phi) is 7.76. The van der Waals surface area contributed by atoms with E-state index in [4.69, 9.17) is 4.74 Å². The van der Waals surface area contributed by atoms with E-state index in [9.17, 15) is 14.7 Å². The maximum atomic E-state index is 13.6. The Morgan fingerprint density at radius 2 is 2.08 bits per heavy atom. The molecule has 0 spiro atoms. The maximum absolute atomic E-state index is 13.6. The number of ether oxygens (including phenoxy) is 1. The van der Waals surface area contributed by atoms with Gasteiger partial charge < -0.3 is 20.1 Å². The van der Waals surface area contributed by atoms with Crippen LogP contribution >= 0.6 is 0 Å². The van der Waals surface area contributed by atoms with Crippen LogP contribution in [0.5, 0.6) is 5.75 Å². The minimum absolute atomic E-state index is 0.120. The predicted octanol–water partition coefficient (Wildman–Crippen LogP) is 3.25. The highest BCUT2D eigenvalue weighted by Gasteiger charge is 2.36. The number of aromatic amines is 1. The molecule has 3 aromatic rings. The third-order valence-electron chi connectivity index (χ3n) is 7.73. The number of H-pyrrole nitrogens is 1. The Morgan fingerprint density at radius 3 is 2.84 bits per heavy atom. The summed E-state index contributed by atoms with van der Waals surface area (Å²) in [5, 5.41) is 20.4. The van der Waals surface area contributed by atoms with Gasteiger partial charge >= 0.3 is 0 Å². The molecule has 0 saturated carbocycles. The lowest BCUT2D eigenvalue weighted by molar-refractivity contribution is 0.0715. The first-order chi connectivity index (χ1) is 18.5. The molecule has 5 rings (SSSR count). The summed E-state index contributed by atoms with van der Waals surface area (Å²) < 4.78 is 5.56. The fourth-order valence-corrected chi connectivity index (χ4v) is 5.72. The number of rotatable bonds is 8. The van der Waals surface area contributed by atoms with Gasteiger partial charge in [-0.1, -0.05) is 19.1 Å². The van der Waals surface area contributed by atoms with Gasteiger partial charge in [0.1, 0.15) is 5.75 Å². The van der Waals surface area contributed by atoms with Crippen molar-refractivity contribution in [2.45, 2.75) is 44.4 Å². The number of likely N-dealkylation sites (N-methyl/N-ethyl adjacent to an activating group) is 1. The van der Waals surface area contributed by atoms with Crippen LogP contribution in [0, 0.1) is 0 Å². The summed E-state index contributed by atoms with van der Waals surface area (Å²) in [6.45, 7) is 5.07. The van der Waals surface area contributed by atoms with Gasteiger partial charge in [-0.15, -0.1) is 0 Å². The standard InChI is InChI=1S/C29H35N5O4/c1-3-33-11-5-8-23(33)17-30-28(36)20-7-4-6-19(12-20)26-14-24(35)18-34(26)29(37)21-9-10-25(27(13-21)38-2)22-15-31-32-16-22/h4,6-7,9-10,12-13,15-16,23-24,26,35H,3,5,8,11,14,17-18H2,1-2H3,(H,30,36)(H,31,32)/t23-,24?,26+/m0/s1. The molecule has 2 aliphatic heterocycles. The largest absolute Gasteiger partial charge is 0.496 e. The Balaban J connectivity index is 1.33. The molecule has 200 valence electrons. The Labute approximate surface area is 222 Å². The lowest BCUT2D eigenvalue weighted by atomic mass is 10.00. The fraction of sp³-hybridized carbons (Fsp3) is 0.414. The van der Waals surface area contributed by atoms with Crippen molar-refractivity contribution in [2.24, 2.45) is 0 Å². The van der Waals surface area contributed by atoms with Crippen LogP contribution in [-0.4, -0.2) is 82.4 Å². The maximum Gasteiger partial charge on any atom is 0.254 e. The van der Waals surface area contributed by atoms with E-state index in [-0.39, 0.29) is 24.4 Å². The third kappa shape index (κ3) is 5.30. The number of aliphatic hydroxyl groups excluding tert-OH is 1. The van der Waals surface area contributed by atoms with Crippen LogP contribution in [0.1, 0.15) is 58.5 Å². The van der Waals surface area contributed by atoms with Crippen molar-refractivity contribution in [3.63, 3.8) is 0 Å². The van der Waals surface area contributed by atoms with Gasteiger partial charge in [0.2, 0.25) is 0 Å². The Hall–Kier alpha value is -3.69. The van der Waals surface area contributed by atoms with Crippen LogP contribution in [-0.2, 0) is 0 Å². The average Bonchev–Trinajstić information content (AvgIpc) is 3.72. The highest BCUT2D eigenvalue weighted by molar-refractivity contribution is 5.96. The number of amides is 2. The number of nitrogens with one attached hydrogen (secondary N) is 2. The summed E-state index contributed by atoms with van der Waals surface area (Å²) >= 11 is 0. The molecule has 3 heterocycles. The molecule has 1 unspecified atom stereocenters. The Bertz CT molecular complexity index is 1280. The van der Waals surface area contributed by atoms with Crippen molar-refractivity contribution in [1.82, 2.24) is 25.3 Å². The van der Waals surface area contributed by atoms with Gasteiger partial charge in [0.15, 0.2) is 0 Å². The zero-order valence-corrected chi connectivity index (χ0v) is 21.9. The lowest BCUT2D eigenvalue weighted by Crippen LogP contribution is -2.40. The van der Waals surface area contributed by atoms with Crippen molar-refractivity contribution >= 4 is 11.8 Å². The van der Waals surface area contributed by atoms with E-state index in [1.807, 2.05) is 24.3 Å². The minimum atomic E-state index is -0.643. The van der Waals surface area contributed by atoms with Gasteiger partial charge in [-0.25, -0.2) is 0 Å². The van der Waals surface area contributed by atoms with Crippen LogP contribution in [0.4, 0.5) is 0 Å². The number of hydrogen-bond acceptors (Lipinski definition) is 6. The number of aromatic nitrogens is 2. The van der Waals surface area contributed by atoms with Crippen LogP contribution in [0.25, 0.3) is 11.1 Å². The molecular weight excluding hydrogens is 482 g/mol. The average molecular weight is 518 g/mol. The predicted molar refractivity (Wildman–Crippen MR) is 144 cm³/mol. The molecule has 2 saturated heterocycles. The van der Waals surface area contributed by atoms with Crippen molar-refractivity contribution in [2.75, 3.05) is 33.3 Å². The number of aliphatic hydroxyl groups is 1. The summed E-state index contributed by atoms with van der Waals surface area (Å²) in [4.78, 5) is 30.7. The molecule has 2 fully saturated rings. The quantitative estimate of drug-likeness (QED) is 0.423. The van der Waals surface area contributed by atoms with Gasteiger partial charge in [-0.2, -0.15) is 5.10 Å². The van der Waals surface area contributed by atoms with E-state index in [0.717, 1.165) is 42.6 Å². The molecule has 2 aliphatic rings. The number of methoxy groups -OCH3 is 1. The van der Waals surface area contributed by atoms with E-state index in [2.05, 4.69) is 27.3 Å². The zero-order chi connectivity index (χ0) is 26.6. The van der Waals surface area contributed by atoms with Gasteiger partial charge in [0.05, 0.1) is 25.5 Å². The molecule has 0 aliphatic carbocycles. The van der Waals surface area contributed by atoms with Gasteiger partial charge in [0, 0.05) is 47.6 Å². The van der Waals surface area contributed by atoms with Crippen molar-refractivity contribution in [1.29, 1.82) is 0 Å². The second kappa shape index (κ2) is 11.4. The third-order valence-corrected chi connectivity index (χ3v) is 7.73. The van der Waals surface area contributed by atoms with Crippen molar-refractivity contribution in [3.05, 3.63) is 71.5 Å². The van der Waals surface area contributed by atoms with Crippen LogP contribution in [0.2, 0.25) is 0 Å². The number of benzene rings is 2. The number of β-amino-alcohol motifs (C(OH)–C–C–N with tert-alkyl or cyclic N) is 1. The zero-order valence-electron chi connectivity index (χ0n) is 21.9. The molecule has 3 atom stereocenters. The number of carbonyl (C=O) groups excluding carboxylic acids is 2. The van der Waals surface area contributed by atoms with Crippen molar-refractivity contribution in [3.8, 4) is 16.9 Å². The number of carbonyl (C=O) groups is 2. The van der Waals surface area contributed by atoms with Crippen LogP contribution < -0.4 is 10.1 Å². The first-order valence-electron chi connectivity index (χ1n) is 13.3. The van der Waals surface area contributed by atoms with E-state index >= 15 is 0 Å².